The molecule has 0 saturated heterocycles. The fraction of sp³-hybridized carbons (Fsp3) is 0.385. The van der Waals surface area contributed by atoms with Gasteiger partial charge in [-0.05, 0) is 24.1 Å². The third kappa shape index (κ3) is 2.77. The Kier molecular flexibility index (Phi) is 3.42. The molecule has 0 radical (unpaired) electrons. The van der Waals surface area contributed by atoms with Crippen molar-refractivity contribution in [2.75, 3.05) is 11.4 Å². The first kappa shape index (κ1) is 14.0. The molecule has 8 heteroatoms. The maximum absolute atomic E-state index is 11.5. The minimum atomic E-state index is -3.70. The van der Waals surface area contributed by atoms with Crippen LogP contribution in [0, 0.1) is 0 Å². The molecule has 1 aliphatic heterocycles. The molecule has 112 valence electrons. The van der Waals surface area contributed by atoms with Gasteiger partial charge in [-0.25, -0.2) is 13.6 Å². The molecule has 2 N–H and O–H groups in total. The maximum Gasteiger partial charge on any atom is 0.238 e. The number of anilines is 1. The fourth-order valence-corrected chi connectivity index (χ4v) is 2.97. The summed E-state index contributed by atoms with van der Waals surface area (Å²) in [5.41, 5.74) is 1.96. The first-order valence-corrected chi connectivity index (χ1v) is 8.24. The van der Waals surface area contributed by atoms with Crippen LogP contribution in [0.25, 0.3) is 0 Å². The molecule has 0 unspecified atom stereocenters. The van der Waals surface area contributed by atoms with Crippen LogP contribution in [0.1, 0.15) is 24.2 Å². The summed E-state index contributed by atoms with van der Waals surface area (Å²) in [6, 6.07) is 4.96. The van der Waals surface area contributed by atoms with Crippen molar-refractivity contribution >= 4 is 15.7 Å². The second-order valence-electron chi connectivity index (χ2n) is 4.96. The Morgan fingerprint density at radius 1 is 1.43 bits per heavy atom. The zero-order valence-electron chi connectivity index (χ0n) is 11.6. The summed E-state index contributed by atoms with van der Waals surface area (Å²) in [5.74, 6) is 1.20. The molecular formula is C13H16N4O3S. The topological polar surface area (TPSA) is 102 Å². The highest BCUT2D eigenvalue weighted by Crippen LogP contribution is 2.31. The number of aromatic nitrogens is 2. The van der Waals surface area contributed by atoms with Gasteiger partial charge >= 0.3 is 0 Å². The van der Waals surface area contributed by atoms with Crippen molar-refractivity contribution in [1.82, 2.24) is 10.1 Å². The number of fused-ring (bicyclic) bond motifs is 1. The van der Waals surface area contributed by atoms with E-state index in [1.807, 2.05) is 17.9 Å². The van der Waals surface area contributed by atoms with Crippen LogP contribution < -0.4 is 10.0 Å². The van der Waals surface area contributed by atoms with Crippen LogP contribution in [0.2, 0.25) is 0 Å². The predicted molar refractivity (Wildman–Crippen MR) is 76.2 cm³/mol. The quantitative estimate of drug-likeness (QED) is 0.898. The molecule has 2 aromatic rings. The van der Waals surface area contributed by atoms with Crippen LogP contribution in [0.15, 0.2) is 27.6 Å². The van der Waals surface area contributed by atoms with Crippen LogP contribution in [0.3, 0.4) is 0 Å². The summed E-state index contributed by atoms with van der Waals surface area (Å²) in [5, 5.41) is 9.11. The van der Waals surface area contributed by atoms with E-state index >= 15 is 0 Å². The molecule has 21 heavy (non-hydrogen) atoms. The molecule has 0 spiro atoms. The van der Waals surface area contributed by atoms with Gasteiger partial charge < -0.3 is 9.42 Å². The Balaban J connectivity index is 1.88. The molecule has 0 amide bonds. The van der Waals surface area contributed by atoms with E-state index in [2.05, 4.69) is 10.1 Å². The van der Waals surface area contributed by atoms with Gasteiger partial charge in [-0.1, -0.05) is 18.1 Å². The molecule has 1 aliphatic rings. The van der Waals surface area contributed by atoms with E-state index in [-0.39, 0.29) is 4.90 Å². The van der Waals surface area contributed by atoms with Gasteiger partial charge in [0.25, 0.3) is 0 Å². The third-order valence-corrected chi connectivity index (χ3v) is 4.43. The van der Waals surface area contributed by atoms with Gasteiger partial charge in [0, 0.05) is 18.7 Å². The maximum atomic E-state index is 11.5. The Hall–Kier alpha value is -1.93. The van der Waals surface area contributed by atoms with Gasteiger partial charge in [0.1, 0.15) is 0 Å². The zero-order valence-corrected chi connectivity index (χ0v) is 12.4. The van der Waals surface area contributed by atoms with E-state index in [9.17, 15) is 8.42 Å². The second kappa shape index (κ2) is 5.12. The van der Waals surface area contributed by atoms with Gasteiger partial charge in [0.15, 0.2) is 5.82 Å². The Bertz CT molecular complexity index is 769. The summed E-state index contributed by atoms with van der Waals surface area (Å²) in [7, 11) is -3.70. The number of rotatable bonds is 4. The number of nitrogens with two attached hydrogens (primary N) is 1. The highest BCUT2D eigenvalue weighted by molar-refractivity contribution is 7.89. The molecule has 0 bridgehead atoms. The number of aryl methyl sites for hydroxylation is 1. The van der Waals surface area contributed by atoms with Crippen molar-refractivity contribution in [2.45, 2.75) is 31.2 Å². The Morgan fingerprint density at radius 2 is 2.24 bits per heavy atom. The van der Waals surface area contributed by atoms with Crippen molar-refractivity contribution in [2.24, 2.45) is 5.14 Å². The number of benzene rings is 1. The number of primary sulfonamides is 1. The van der Waals surface area contributed by atoms with Gasteiger partial charge in [-0.3, -0.25) is 0 Å². The van der Waals surface area contributed by atoms with E-state index in [4.69, 9.17) is 9.66 Å². The van der Waals surface area contributed by atoms with Gasteiger partial charge in [-0.2, -0.15) is 4.98 Å². The Morgan fingerprint density at radius 3 is 2.90 bits per heavy atom. The van der Waals surface area contributed by atoms with E-state index in [0.717, 1.165) is 24.2 Å². The third-order valence-electron chi connectivity index (χ3n) is 3.52. The molecule has 3 rings (SSSR count). The fourth-order valence-electron chi connectivity index (χ4n) is 2.44. The normalized spacial score (nSPS) is 14.5. The lowest BCUT2D eigenvalue weighted by Crippen LogP contribution is -2.21. The van der Waals surface area contributed by atoms with Crippen LogP contribution in [0.4, 0.5) is 5.69 Å². The standard InChI is InChI=1S/C13H16N4O3S/c1-2-13-15-12(16-20-13)8-17-6-5-9-3-4-10(7-11(9)17)21(14,18)19/h3-4,7H,2,5-6,8H2,1H3,(H2,14,18,19). The number of hydrogen-bond acceptors (Lipinski definition) is 6. The molecule has 0 atom stereocenters. The van der Waals surface area contributed by atoms with E-state index < -0.39 is 10.0 Å². The van der Waals surface area contributed by atoms with E-state index in [1.165, 1.54) is 0 Å². The molecule has 0 saturated carbocycles. The minimum absolute atomic E-state index is 0.121. The number of nitrogens with zero attached hydrogens (tertiary/aromatic N) is 3. The number of hydrogen-bond donors (Lipinski definition) is 1. The van der Waals surface area contributed by atoms with Gasteiger partial charge in [-0.15, -0.1) is 0 Å². The smallest absolute Gasteiger partial charge is 0.238 e. The lowest BCUT2D eigenvalue weighted by atomic mass is 10.2. The number of sulfonamides is 1. The summed E-state index contributed by atoms with van der Waals surface area (Å²) < 4.78 is 28.0. The zero-order chi connectivity index (χ0) is 15.0. The first-order valence-electron chi connectivity index (χ1n) is 6.69. The van der Waals surface area contributed by atoms with E-state index in [1.54, 1.807) is 12.1 Å². The summed E-state index contributed by atoms with van der Waals surface area (Å²) in [4.78, 5) is 6.43. The summed E-state index contributed by atoms with van der Waals surface area (Å²) in [6.07, 6.45) is 1.55. The monoisotopic (exact) mass is 308 g/mol. The van der Waals surface area contributed by atoms with Crippen molar-refractivity contribution in [1.29, 1.82) is 0 Å². The average molecular weight is 308 g/mol. The first-order chi connectivity index (χ1) is 9.97. The molecule has 7 nitrogen and oxygen atoms in total. The van der Waals surface area contributed by atoms with Crippen molar-refractivity contribution in [3.63, 3.8) is 0 Å². The van der Waals surface area contributed by atoms with Crippen molar-refractivity contribution in [3.8, 4) is 0 Å². The summed E-state index contributed by atoms with van der Waals surface area (Å²) in [6.45, 7) is 3.23. The van der Waals surface area contributed by atoms with E-state index in [0.29, 0.717) is 24.7 Å². The summed E-state index contributed by atoms with van der Waals surface area (Å²) >= 11 is 0. The molecule has 2 heterocycles. The van der Waals surface area contributed by atoms with Gasteiger partial charge in [0.2, 0.25) is 15.9 Å². The largest absolute Gasteiger partial charge is 0.363 e. The SMILES string of the molecule is CCc1nc(CN2CCc3ccc(S(N)(=O)=O)cc32)no1. The predicted octanol–water partition coefficient (Wildman–Crippen LogP) is 0.842. The molecule has 0 fully saturated rings. The van der Waals surface area contributed by atoms with Crippen molar-refractivity contribution < 1.29 is 12.9 Å². The average Bonchev–Trinajstić information content (AvgIpc) is 3.05. The van der Waals surface area contributed by atoms with Crippen molar-refractivity contribution in [3.05, 3.63) is 35.5 Å². The van der Waals surface area contributed by atoms with Gasteiger partial charge in [0.05, 0.1) is 11.4 Å². The Labute approximate surface area is 122 Å². The molecule has 1 aromatic heterocycles. The second-order valence-corrected chi connectivity index (χ2v) is 6.53. The molecule has 0 aliphatic carbocycles. The van der Waals surface area contributed by atoms with Crippen LogP contribution in [-0.2, 0) is 29.4 Å². The highest BCUT2D eigenvalue weighted by Gasteiger charge is 2.23. The minimum Gasteiger partial charge on any atom is -0.363 e. The molecular weight excluding hydrogens is 292 g/mol. The van der Waals surface area contributed by atoms with Crippen LogP contribution in [0.5, 0.6) is 0 Å². The highest BCUT2D eigenvalue weighted by atomic mass is 32.2. The van der Waals surface area contributed by atoms with Crippen LogP contribution in [-0.4, -0.2) is 25.1 Å². The molecule has 1 aromatic carbocycles. The van der Waals surface area contributed by atoms with Crippen LogP contribution >= 0.6 is 0 Å². The lowest BCUT2D eigenvalue weighted by Gasteiger charge is -2.17. The lowest BCUT2D eigenvalue weighted by molar-refractivity contribution is 0.376.